The smallest absolute Gasteiger partial charge is 0.274 e. The number of aromatic nitrogens is 1. The molecule has 0 aliphatic heterocycles. The summed E-state index contributed by atoms with van der Waals surface area (Å²) in [6.45, 7) is 0. The second kappa shape index (κ2) is 7.06. The Morgan fingerprint density at radius 1 is 1.11 bits per heavy atom. The number of aryl methyl sites for hydroxylation is 1. The number of methoxy groups -OCH3 is 1. The summed E-state index contributed by atoms with van der Waals surface area (Å²) < 4.78 is 5.46. The van der Waals surface area contributed by atoms with Crippen LogP contribution in [-0.4, -0.2) is 28.9 Å². The van der Waals surface area contributed by atoms with Crippen LogP contribution >= 0.6 is 11.3 Å². The van der Waals surface area contributed by atoms with E-state index < -0.39 is 0 Å². The minimum Gasteiger partial charge on any atom is -0.496 e. The monoisotopic (exact) mass is 390 g/mol. The van der Waals surface area contributed by atoms with Gasteiger partial charge >= 0.3 is 0 Å². The Labute approximate surface area is 168 Å². The zero-order chi connectivity index (χ0) is 19.1. The van der Waals surface area contributed by atoms with Gasteiger partial charge in [-0.15, -0.1) is 11.3 Å². The Morgan fingerprint density at radius 2 is 1.89 bits per heavy atom. The Bertz CT molecular complexity index is 1020. The highest BCUT2D eigenvalue weighted by molar-refractivity contribution is 7.13. The number of benzene rings is 2. The van der Waals surface area contributed by atoms with E-state index in [0.29, 0.717) is 11.7 Å². The van der Waals surface area contributed by atoms with E-state index in [1.54, 1.807) is 7.11 Å². The summed E-state index contributed by atoms with van der Waals surface area (Å²) in [5, 5.41) is 2.71. The van der Waals surface area contributed by atoms with Gasteiger partial charge in [-0.1, -0.05) is 36.4 Å². The Balaban J connectivity index is 1.46. The topological polar surface area (TPSA) is 42.4 Å². The zero-order valence-electron chi connectivity index (χ0n) is 15.8. The largest absolute Gasteiger partial charge is 0.496 e. The molecule has 1 heterocycles. The first kappa shape index (κ1) is 17.4. The lowest BCUT2D eigenvalue weighted by atomic mass is 10.1. The number of hydrogen-bond donors (Lipinski definition) is 0. The van der Waals surface area contributed by atoms with Crippen LogP contribution < -0.4 is 4.74 Å². The molecule has 1 aromatic heterocycles. The van der Waals surface area contributed by atoms with Gasteiger partial charge in [-0.05, 0) is 48.9 Å². The molecule has 1 fully saturated rings. The van der Waals surface area contributed by atoms with Crippen LogP contribution in [0.25, 0.3) is 10.6 Å². The Kier molecular flexibility index (Phi) is 4.40. The number of rotatable bonds is 5. The molecule has 142 valence electrons. The van der Waals surface area contributed by atoms with Crippen molar-refractivity contribution in [2.45, 2.75) is 37.8 Å². The summed E-state index contributed by atoms with van der Waals surface area (Å²) in [5.74, 6) is 0.834. The van der Waals surface area contributed by atoms with Gasteiger partial charge in [0, 0.05) is 11.4 Å². The fourth-order valence-corrected chi connectivity index (χ4v) is 5.01. The molecule has 1 atom stereocenters. The summed E-state index contributed by atoms with van der Waals surface area (Å²) in [6.07, 6.45) is 4.23. The summed E-state index contributed by atoms with van der Waals surface area (Å²) in [6, 6.07) is 16.9. The zero-order valence-corrected chi connectivity index (χ0v) is 16.6. The number of nitrogens with zero attached hydrogens (tertiary/aromatic N) is 2. The van der Waals surface area contributed by atoms with Crippen molar-refractivity contribution in [1.82, 2.24) is 9.88 Å². The third-order valence-corrected chi connectivity index (χ3v) is 6.55. The minimum absolute atomic E-state index is 0.0570. The highest BCUT2D eigenvalue weighted by Crippen LogP contribution is 2.43. The number of thiazole rings is 1. The third-order valence-electron chi connectivity index (χ3n) is 5.67. The predicted molar refractivity (Wildman–Crippen MR) is 111 cm³/mol. The predicted octanol–water partition coefficient (Wildman–Crippen LogP) is 5.11. The van der Waals surface area contributed by atoms with Crippen LogP contribution in [0.1, 0.15) is 46.9 Å². The molecule has 0 spiro atoms. The van der Waals surface area contributed by atoms with E-state index in [4.69, 9.17) is 9.72 Å². The molecule has 0 saturated heterocycles. The molecule has 5 heteroatoms. The lowest BCUT2D eigenvalue weighted by Gasteiger charge is -2.29. The van der Waals surface area contributed by atoms with Crippen LogP contribution in [0, 0.1) is 0 Å². The van der Waals surface area contributed by atoms with Gasteiger partial charge < -0.3 is 9.64 Å². The first-order valence-corrected chi connectivity index (χ1v) is 10.6. The maximum Gasteiger partial charge on any atom is 0.274 e. The molecule has 0 radical (unpaired) electrons. The van der Waals surface area contributed by atoms with Gasteiger partial charge in [0.05, 0.1) is 18.7 Å². The average Bonchev–Trinajstić information content (AvgIpc) is 3.28. The molecule has 2 aromatic carbocycles. The van der Waals surface area contributed by atoms with Crippen LogP contribution in [0.5, 0.6) is 5.75 Å². The Hall–Kier alpha value is -2.66. The number of ether oxygens (including phenoxy) is 1. The first-order valence-electron chi connectivity index (χ1n) is 9.75. The molecular formula is C23H22N2O2S. The van der Waals surface area contributed by atoms with Crippen molar-refractivity contribution in [2.75, 3.05) is 7.11 Å². The van der Waals surface area contributed by atoms with E-state index in [-0.39, 0.29) is 11.9 Å². The van der Waals surface area contributed by atoms with Crippen LogP contribution in [0.15, 0.2) is 53.9 Å². The first-order chi connectivity index (χ1) is 13.8. The quantitative estimate of drug-likeness (QED) is 0.608. The molecule has 28 heavy (non-hydrogen) atoms. The molecule has 1 saturated carbocycles. The molecule has 0 bridgehead atoms. The molecule has 0 N–H and O–H groups in total. The number of fused-ring (bicyclic) bond motifs is 1. The summed E-state index contributed by atoms with van der Waals surface area (Å²) in [7, 11) is 1.66. The lowest BCUT2D eigenvalue weighted by molar-refractivity contribution is 0.0653. The van der Waals surface area contributed by atoms with Crippen molar-refractivity contribution in [2.24, 2.45) is 0 Å². The number of amides is 1. The molecule has 3 aromatic rings. The molecule has 2 aliphatic rings. The standard InChI is InChI=1S/C23H22N2O2S/c1-27-21-9-5-4-8-18(21)22-24-19(14-28-22)23(26)25(16-11-12-16)20-13-10-15-6-2-3-7-17(15)20/h2-9,14,16,20H,10-13H2,1H3. The lowest BCUT2D eigenvalue weighted by Crippen LogP contribution is -2.36. The van der Waals surface area contributed by atoms with Gasteiger partial charge in [0.2, 0.25) is 0 Å². The van der Waals surface area contributed by atoms with E-state index in [1.807, 2.05) is 29.6 Å². The molecule has 5 rings (SSSR count). The highest BCUT2D eigenvalue weighted by Gasteiger charge is 2.41. The van der Waals surface area contributed by atoms with Gasteiger partial charge in [-0.2, -0.15) is 0 Å². The SMILES string of the molecule is COc1ccccc1-c1nc(C(=O)N(C2CC2)C2CCc3ccccc32)cs1. The van der Waals surface area contributed by atoms with E-state index in [2.05, 4.69) is 29.2 Å². The fourth-order valence-electron chi connectivity index (χ4n) is 4.19. The van der Waals surface area contributed by atoms with Gasteiger partial charge in [0.1, 0.15) is 16.5 Å². The molecule has 2 aliphatic carbocycles. The second-order valence-electron chi connectivity index (χ2n) is 7.44. The van der Waals surface area contributed by atoms with Crippen LogP contribution in [0.3, 0.4) is 0 Å². The van der Waals surface area contributed by atoms with Crippen molar-refractivity contribution in [1.29, 1.82) is 0 Å². The van der Waals surface area contributed by atoms with E-state index >= 15 is 0 Å². The second-order valence-corrected chi connectivity index (χ2v) is 8.29. The normalized spacial score (nSPS) is 18.0. The number of para-hydroxylation sites is 1. The van der Waals surface area contributed by atoms with Crippen molar-refractivity contribution in [3.05, 3.63) is 70.7 Å². The molecule has 4 nitrogen and oxygen atoms in total. The maximum absolute atomic E-state index is 13.5. The Morgan fingerprint density at radius 3 is 2.71 bits per heavy atom. The van der Waals surface area contributed by atoms with Crippen LogP contribution in [-0.2, 0) is 6.42 Å². The number of carbonyl (C=O) groups excluding carboxylic acids is 1. The van der Waals surface area contributed by atoms with Gasteiger partial charge in [0.25, 0.3) is 5.91 Å². The molecule has 1 amide bonds. The minimum atomic E-state index is 0.0570. The van der Waals surface area contributed by atoms with Crippen molar-refractivity contribution < 1.29 is 9.53 Å². The molecular weight excluding hydrogens is 368 g/mol. The highest BCUT2D eigenvalue weighted by atomic mass is 32.1. The van der Waals surface area contributed by atoms with Gasteiger partial charge in [0.15, 0.2) is 0 Å². The summed E-state index contributed by atoms with van der Waals surface area (Å²) in [5.41, 5.74) is 4.15. The number of carbonyl (C=O) groups is 1. The van der Waals surface area contributed by atoms with Crippen molar-refractivity contribution in [3.63, 3.8) is 0 Å². The van der Waals surface area contributed by atoms with E-state index in [1.165, 1.54) is 22.5 Å². The van der Waals surface area contributed by atoms with Crippen LogP contribution in [0.2, 0.25) is 0 Å². The average molecular weight is 391 g/mol. The van der Waals surface area contributed by atoms with Crippen molar-refractivity contribution in [3.8, 4) is 16.3 Å². The van der Waals surface area contributed by atoms with E-state index in [9.17, 15) is 4.79 Å². The third kappa shape index (κ3) is 3.00. The summed E-state index contributed by atoms with van der Waals surface area (Å²) >= 11 is 1.50. The fraction of sp³-hybridized carbons (Fsp3) is 0.304. The van der Waals surface area contributed by atoms with Gasteiger partial charge in [-0.25, -0.2) is 4.98 Å². The maximum atomic E-state index is 13.5. The van der Waals surface area contributed by atoms with Crippen LogP contribution in [0.4, 0.5) is 0 Å². The van der Waals surface area contributed by atoms with E-state index in [0.717, 1.165) is 42.0 Å². The molecule has 1 unspecified atom stereocenters. The number of hydrogen-bond acceptors (Lipinski definition) is 4. The summed E-state index contributed by atoms with van der Waals surface area (Å²) in [4.78, 5) is 20.3. The van der Waals surface area contributed by atoms with Crippen molar-refractivity contribution >= 4 is 17.2 Å². The van der Waals surface area contributed by atoms with Gasteiger partial charge in [-0.3, -0.25) is 4.79 Å².